The number of rotatable bonds is 2. The summed E-state index contributed by atoms with van der Waals surface area (Å²) in [6.07, 6.45) is 13.4. The summed E-state index contributed by atoms with van der Waals surface area (Å²) < 4.78 is 0. The monoisotopic (exact) mass is 487 g/mol. The zero-order valence-corrected chi connectivity index (χ0v) is 23.3. The summed E-state index contributed by atoms with van der Waals surface area (Å²) in [5.41, 5.74) is 12.7. The predicted octanol–water partition coefficient (Wildman–Crippen LogP) is 9.79. The first-order valence-electron chi connectivity index (χ1n) is 13.2. The Morgan fingerprint density at radius 1 is 0.765 bits per heavy atom. The van der Waals surface area contributed by atoms with Crippen molar-refractivity contribution in [3.8, 4) is 11.1 Å². The second-order valence-electron chi connectivity index (χ2n) is 10.2. The van der Waals surface area contributed by atoms with Crippen LogP contribution in [0.4, 0.5) is 5.69 Å². The quantitative estimate of drug-likeness (QED) is 0.197. The van der Waals surface area contributed by atoms with Crippen LogP contribution >= 0.6 is 0 Å². The van der Waals surface area contributed by atoms with Crippen molar-refractivity contribution in [2.75, 3.05) is 0 Å². The molecule has 5 rings (SSSR count). The van der Waals surface area contributed by atoms with Crippen molar-refractivity contribution < 1.29 is 21.7 Å². The Kier molecular flexibility index (Phi) is 10.2. The molecule has 0 spiro atoms. The molecule has 0 N–H and O–H groups in total. The molecule has 3 aromatic carbocycles. The van der Waals surface area contributed by atoms with Crippen molar-refractivity contribution in [2.45, 2.75) is 97.9 Å². The third-order valence-corrected chi connectivity index (χ3v) is 7.90. The first kappa shape index (κ1) is 26.9. The van der Waals surface area contributed by atoms with E-state index in [4.69, 9.17) is 5.32 Å². The Morgan fingerprint density at radius 2 is 1.38 bits per heavy atom. The average Bonchev–Trinajstić information content (AvgIpc) is 3.32. The van der Waals surface area contributed by atoms with E-state index in [-0.39, 0.29) is 21.7 Å². The third-order valence-electron chi connectivity index (χ3n) is 7.90. The Morgan fingerprint density at radius 3 is 1.97 bits per heavy atom. The molecule has 0 aliphatic heterocycles. The van der Waals surface area contributed by atoms with Crippen molar-refractivity contribution >= 4 is 5.69 Å². The van der Waals surface area contributed by atoms with Crippen LogP contribution in [0.5, 0.6) is 0 Å². The number of hydrogen-bond donors (Lipinski definition) is 0. The van der Waals surface area contributed by atoms with Gasteiger partial charge in [0.1, 0.15) is 0 Å². The molecule has 2 heteroatoms. The van der Waals surface area contributed by atoms with Gasteiger partial charge in [0.15, 0.2) is 0 Å². The number of fused-ring (bicyclic) bond motifs is 3. The van der Waals surface area contributed by atoms with Gasteiger partial charge in [-0.3, -0.25) is 0 Å². The van der Waals surface area contributed by atoms with E-state index in [1.165, 1.54) is 108 Å². The molecule has 0 bridgehead atoms. The maximum atomic E-state index is 5.25. The minimum Gasteiger partial charge on any atom is -0.681 e. The van der Waals surface area contributed by atoms with Gasteiger partial charge in [-0.25, -0.2) is 0 Å². The van der Waals surface area contributed by atoms with E-state index in [9.17, 15) is 0 Å². The van der Waals surface area contributed by atoms with Crippen molar-refractivity contribution in [3.05, 3.63) is 87.2 Å². The van der Waals surface area contributed by atoms with E-state index in [0.29, 0.717) is 6.04 Å². The average molecular weight is 488 g/mol. The van der Waals surface area contributed by atoms with Gasteiger partial charge in [0.05, 0.1) is 0 Å². The van der Waals surface area contributed by atoms with Crippen LogP contribution in [0.25, 0.3) is 16.4 Å². The standard InChI is InChI=1S/C23H28N.C9H13.Ti/c1-2-4-6-12-19(13-7-5-3-1)24-23-16-10-15-21-20-14-9-8-11-18(20)17-22(21)23;1-6-5-7(2)9(4)8(6)3;/h8-11,14-16,19H,1-7,12-13,17H2;5H,1-4H3;/q2*-1;+2. The molecule has 0 aromatic heterocycles. The fourth-order valence-electron chi connectivity index (χ4n) is 5.51. The second-order valence-corrected chi connectivity index (χ2v) is 10.2. The molecule has 0 saturated heterocycles. The van der Waals surface area contributed by atoms with Gasteiger partial charge in [0, 0.05) is 0 Å². The third kappa shape index (κ3) is 6.49. The Balaban J connectivity index is 0.000000275. The van der Waals surface area contributed by atoms with E-state index in [2.05, 4.69) is 76.2 Å². The molecule has 1 fully saturated rings. The second kappa shape index (κ2) is 12.8. The summed E-state index contributed by atoms with van der Waals surface area (Å²) in [4.78, 5) is 0. The maximum Gasteiger partial charge on any atom is 2.00 e. The van der Waals surface area contributed by atoms with Crippen molar-refractivity contribution in [1.29, 1.82) is 0 Å². The van der Waals surface area contributed by atoms with Gasteiger partial charge in [-0.1, -0.05) is 134 Å². The Labute approximate surface area is 223 Å². The first-order chi connectivity index (χ1) is 16.0. The summed E-state index contributed by atoms with van der Waals surface area (Å²) in [6.45, 7) is 8.68. The van der Waals surface area contributed by atoms with Gasteiger partial charge in [-0.2, -0.15) is 28.3 Å². The number of nitrogens with zero attached hydrogens (tertiary/aromatic N) is 1. The molecular weight excluding hydrogens is 446 g/mol. The van der Waals surface area contributed by atoms with Crippen LogP contribution in [0.3, 0.4) is 0 Å². The summed E-state index contributed by atoms with van der Waals surface area (Å²) in [5.74, 6) is 0. The van der Waals surface area contributed by atoms with Crippen LogP contribution in [-0.2, 0) is 28.1 Å². The largest absolute Gasteiger partial charge is 2.00 e. The normalized spacial score (nSPS) is 15.9. The fraction of sp³-hybridized carbons (Fsp3) is 0.469. The van der Waals surface area contributed by atoms with Crippen molar-refractivity contribution in [2.24, 2.45) is 0 Å². The number of aryl methyl sites for hydroxylation is 2. The summed E-state index contributed by atoms with van der Waals surface area (Å²) in [6, 6.07) is 18.3. The molecule has 0 heterocycles. The van der Waals surface area contributed by atoms with E-state index in [1.54, 1.807) is 0 Å². The molecule has 2 aliphatic rings. The van der Waals surface area contributed by atoms with Gasteiger partial charge in [-0.05, 0) is 23.1 Å². The SMILES string of the molecule is Cc1c[c-](C)c(C)c1C.[Ti+2].c1ccc2c(c1)Cc1c([N-]C3CCCCCCCCC3)cccc1-2. The molecule has 3 aromatic rings. The fourth-order valence-corrected chi connectivity index (χ4v) is 5.51. The predicted molar refractivity (Wildman–Crippen MR) is 144 cm³/mol. The van der Waals surface area contributed by atoms with Crippen LogP contribution in [0.1, 0.15) is 91.2 Å². The van der Waals surface area contributed by atoms with E-state index in [0.717, 1.165) is 6.42 Å². The van der Waals surface area contributed by atoms with Gasteiger partial charge in [0.25, 0.3) is 0 Å². The van der Waals surface area contributed by atoms with E-state index in [1.807, 2.05) is 0 Å². The number of hydrogen-bond acceptors (Lipinski definition) is 0. The van der Waals surface area contributed by atoms with Crippen molar-refractivity contribution in [3.63, 3.8) is 0 Å². The summed E-state index contributed by atoms with van der Waals surface area (Å²) in [5, 5.41) is 5.25. The molecule has 34 heavy (non-hydrogen) atoms. The van der Waals surface area contributed by atoms with Crippen molar-refractivity contribution in [1.82, 2.24) is 0 Å². The zero-order chi connectivity index (χ0) is 23.2. The van der Waals surface area contributed by atoms with Gasteiger partial charge in [-0.15, -0.1) is 11.7 Å². The Bertz CT molecular complexity index is 1030. The smallest absolute Gasteiger partial charge is 0.681 e. The van der Waals surface area contributed by atoms with Crippen LogP contribution in [0, 0.1) is 27.7 Å². The molecule has 1 nitrogen and oxygen atoms in total. The molecule has 0 unspecified atom stereocenters. The zero-order valence-electron chi connectivity index (χ0n) is 21.7. The number of benzene rings is 2. The van der Waals surface area contributed by atoms with Gasteiger partial charge >= 0.3 is 21.7 Å². The minimum absolute atomic E-state index is 0. The maximum absolute atomic E-state index is 5.25. The van der Waals surface area contributed by atoms with E-state index >= 15 is 0 Å². The molecule has 0 radical (unpaired) electrons. The molecule has 1 saturated carbocycles. The van der Waals surface area contributed by atoms with Crippen LogP contribution < -0.4 is 0 Å². The molecule has 178 valence electrons. The van der Waals surface area contributed by atoms with E-state index < -0.39 is 0 Å². The molecule has 2 aliphatic carbocycles. The van der Waals surface area contributed by atoms with Crippen LogP contribution in [0.2, 0.25) is 0 Å². The van der Waals surface area contributed by atoms with Crippen LogP contribution in [0.15, 0.2) is 48.5 Å². The van der Waals surface area contributed by atoms with Crippen LogP contribution in [-0.4, -0.2) is 6.04 Å². The molecule has 0 amide bonds. The summed E-state index contributed by atoms with van der Waals surface area (Å²) in [7, 11) is 0. The first-order valence-corrected chi connectivity index (χ1v) is 13.2. The summed E-state index contributed by atoms with van der Waals surface area (Å²) >= 11 is 0. The molecular formula is C32H41NTi. The topological polar surface area (TPSA) is 14.1 Å². The van der Waals surface area contributed by atoms with Gasteiger partial charge in [0.2, 0.25) is 0 Å². The Hall–Kier alpha value is -1.70. The molecule has 0 atom stereocenters. The van der Waals surface area contributed by atoms with Gasteiger partial charge < -0.3 is 5.32 Å². The minimum atomic E-state index is 0.